The molecule has 2 aromatic rings. The normalized spacial score (nSPS) is 17.3. The number of likely N-dealkylation sites (tertiary alicyclic amines) is 1. The van der Waals surface area contributed by atoms with Crippen molar-refractivity contribution in [1.82, 2.24) is 25.3 Å². The molecular weight excluding hydrogens is 306 g/mol. The van der Waals surface area contributed by atoms with Gasteiger partial charge in [-0.3, -0.25) is 9.89 Å². The molecular formula is C17H23N5O2. The molecule has 1 fully saturated rings. The SMILES string of the molecule is Cc1ccc(O[C@@H]2CCN(C(=O)CCc3c(C)n[nH]c3C)C2)nn1. The monoisotopic (exact) mass is 329 g/mol. The number of rotatable bonds is 5. The zero-order valence-electron chi connectivity index (χ0n) is 14.4. The van der Waals surface area contributed by atoms with Crippen molar-refractivity contribution in [2.24, 2.45) is 0 Å². The third kappa shape index (κ3) is 3.72. The van der Waals surface area contributed by atoms with Crippen molar-refractivity contribution >= 4 is 5.91 Å². The van der Waals surface area contributed by atoms with Crippen molar-refractivity contribution in [2.75, 3.05) is 13.1 Å². The van der Waals surface area contributed by atoms with Gasteiger partial charge in [-0.2, -0.15) is 10.2 Å². The molecule has 3 heterocycles. The van der Waals surface area contributed by atoms with Gasteiger partial charge in [0.15, 0.2) is 0 Å². The van der Waals surface area contributed by atoms with Crippen LogP contribution >= 0.6 is 0 Å². The summed E-state index contributed by atoms with van der Waals surface area (Å²) in [6.07, 6.45) is 2.03. The van der Waals surface area contributed by atoms with Crippen LogP contribution in [0.4, 0.5) is 0 Å². The lowest BCUT2D eigenvalue weighted by Gasteiger charge is -2.17. The Labute approximate surface area is 141 Å². The Kier molecular flexibility index (Phi) is 4.78. The predicted octanol–water partition coefficient (Wildman–Crippen LogP) is 1.74. The van der Waals surface area contributed by atoms with Crippen molar-refractivity contribution in [3.63, 3.8) is 0 Å². The summed E-state index contributed by atoms with van der Waals surface area (Å²) in [6, 6.07) is 3.69. The minimum absolute atomic E-state index is 0.0108. The summed E-state index contributed by atoms with van der Waals surface area (Å²) in [5.41, 5.74) is 4.02. The molecule has 128 valence electrons. The molecule has 0 saturated carbocycles. The van der Waals surface area contributed by atoms with Crippen molar-refractivity contribution in [3.05, 3.63) is 34.8 Å². The van der Waals surface area contributed by atoms with E-state index in [2.05, 4.69) is 20.4 Å². The summed E-state index contributed by atoms with van der Waals surface area (Å²) in [4.78, 5) is 14.3. The van der Waals surface area contributed by atoms with E-state index < -0.39 is 0 Å². The third-order valence-electron chi connectivity index (χ3n) is 4.43. The molecule has 0 aromatic carbocycles. The highest BCUT2D eigenvalue weighted by Gasteiger charge is 2.27. The molecule has 0 spiro atoms. The molecule has 1 N–H and O–H groups in total. The number of aryl methyl sites for hydroxylation is 3. The van der Waals surface area contributed by atoms with Gasteiger partial charge < -0.3 is 9.64 Å². The summed E-state index contributed by atoms with van der Waals surface area (Å²) in [5, 5.41) is 15.1. The number of hydrogen-bond donors (Lipinski definition) is 1. The van der Waals surface area contributed by atoms with Crippen LogP contribution in [0.15, 0.2) is 12.1 Å². The molecule has 1 saturated heterocycles. The van der Waals surface area contributed by atoms with E-state index in [1.807, 2.05) is 37.8 Å². The lowest BCUT2D eigenvalue weighted by Crippen LogP contribution is -2.31. The topological polar surface area (TPSA) is 84.0 Å². The molecule has 0 aliphatic carbocycles. The second kappa shape index (κ2) is 6.98. The van der Waals surface area contributed by atoms with Crippen LogP contribution in [-0.4, -0.2) is 50.4 Å². The number of hydrogen-bond acceptors (Lipinski definition) is 5. The largest absolute Gasteiger partial charge is 0.471 e. The van der Waals surface area contributed by atoms with Crippen LogP contribution in [0.5, 0.6) is 5.88 Å². The van der Waals surface area contributed by atoms with Crippen LogP contribution < -0.4 is 4.74 Å². The van der Waals surface area contributed by atoms with Crippen LogP contribution in [0.2, 0.25) is 0 Å². The number of ether oxygens (including phenoxy) is 1. The predicted molar refractivity (Wildman–Crippen MR) is 88.8 cm³/mol. The molecule has 0 radical (unpaired) electrons. The Morgan fingerprint density at radius 1 is 1.33 bits per heavy atom. The zero-order chi connectivity index (χ0) is 17.1. The van der Waals surface area contributed by atoms with E-state index in [-0.39, 0.29) is 12.0 Å². The first kappa shape index (κ1) is 16.4. The van der Waals surface area contributed by atoms with E-state index in [1.165, 1.54) is 0 Å². The molecule has 3 rings (SSSR count). The molecule has 1 aliphatic heterocycles. The zero-order valence-corrected chi connectivity index (χ0v) is 14.4. The molecule has 0 unspecified atom stereocenters. The Morgan fingerprint density at radius 2 is 2.17 bits per heavy atom. The van der Waals surface area contributed by atoms with E-state index in [0.29, 0.717) is 18.8 Å². The molecule has 1 amide bonds. The van der Waals surface area contributed by atoms with Gasteiger partial charge >= 0.3 is 0 Å². The number of carbonyl (C=O) groups is 1. The van der Waals surface area contributed by atoms with Gasteiger partial charge in [-0.25, -0.2) is 0 Å². The first-order valence-corrected chi connectivity index (χ1v) is 8.28. The number of amides is 1. The van der Waals surface area contributed by atoms with E-state index >= 15 is 0 Å². The van der Waals surface area contributed by atoms with Crippen molar-refractivity contribution in [3.8, 4) is 5.88 Å². The third-order valence-corrected chi connectivity index (χ3v) is 4.43. The number of aromatic nitrogens is 4. The maximum atomic E-state index is 12.4. The van der Waals surface area contributed by atoms with E-state index in [9.17, 15) is 4.79 Å². The van der Waals surface area contributed by atoms with Crippen molar-refractivity contribution in [1.29, 1.82) is 0 Å². The summed E-state index contributed by atoms with van der Waals surface area (Å²) in [6.45, 7) is 7.17. The van der Waals surface area contributed by atoms with Gasteiger partial charge in [0, 0.05) is 31.1 Å². The highest BCUT2D eigenvalue weighted by Crippen LogP contribution is 2.18. The quantitative estimate of drug-likeness (QED) is 0.903. The molecule has 0 bridgehead atoms. The molecule has 7 nitrogen and oxygen atoms in total. The van der Waals surface area contributed by atoms with Gasteiger partial charge in [0.1, 0.15) is 6.10 Å². The summed E-state index contributed by atoms with van der Waals surface area (Å²) in [7, 11) is 0. The Morgan fingerprint density at radius 3 is 2.83 bits per heavy atom. The maximum Gasteiger partial charge on any atom is 0.233 e. The van der Waals surface area contributed by atoms with E-state index in [4.69, 9.17) is 4.74 Å². The maximum absolute atomic E-state index is 12.4. The second-order valence-corrected chi connectivity index (χ2v) is 6.29. The first-order valence-electron chi connectivity index (χ1n) is 8.28. The number of H-pyrrole nitrogens is 1. The minimum atomic E-state index is -0.0108. The lowest BCUT2D eigenvalue weighted by atomic mass is 10.1. The van der Waals surface area contributed by atoms with Gasteiger partial charge in [-0.15, -0.1) is 5.10 Å². The minimum Gasteiger partial charge on any atom is -0.471 e. The van der Waals surface area contributed by atoms with Gasteiger partial charge in [0.05, 0.1) is 17.9 Å². The van der Waals surface area contributed by atoms with Gasteiger partial charge in [-0.05, 0) is 38.8 Å². The van der Waals surface area contributed by atoms with E-state index in [0.717, 1.165) is 42.0 Å². The summed E-state index contributed by atoms with van der Waals surface area (Å²) >= 11 is 0. The fourth-order valence-electron chi connectivity index (χ4n) is 3.00. The van der Waals surface area contributed by atoms with Crippen molar-refractivity contribution in [2.45, 2.75) is 46.1 Å². The van der Waals surface area contributed by atoms with Crippen LogP contribution in [0.3, 0.4) is 0 Å². The summed E-state index contributed by atoms with van der Waals surface area (Å²) < 4.78 is 5.82. The van der Waals surface area contributed by atoms with E-state index in [1.54, 1.807) is 0 Å². The Hall–Kier alpha value is -2.44. The van der Waals surface area contributed by atoms with Gasteiger partial charge in [0.25, 0.3) is 0 Å². The van der Waals surface area contributed by atoms with Crippen LogP contribution in [-0.2, 0) is 11.2 Å². The smallest absolute Gasteiger partial charge is 0.233 e. The number of nitrogens with one attached hydrogen (secondary N) is 1. The molecule has 24 heavy (non-hydrogen) atoms. The van der Waals surface area contributed by atoms with Crippen LogP contribution in [0.25, 0.3) is 0 Å². The number of carbonyl (C=O) groups excluding carboxylic acids is 1. The standard InChI is InChI=1S/C17H23N5O2/c1-11-4-6-16(21-18-11)24-14-8-9-22(10-14)17(23)7-5-15-12(2)19-20-13(15)3/h4,6,14H,5,7-10H2,1-3H3,(H,19,20)/t14-/m1/s1. The average molecular weight is 329 g/mol. The average Bonchev–Trinajstić information content (AvgIpc) is 3.15. The number of nitrogens with zero attached hydrogens (tertiary/aromatic N) is 4. The fourth-order valence-corrected chi connectivity index (χ4v) is 3.00. The van der Waals surface area contributed by atoms with Gasteiger partial charge in [-0.1, -0.05) is 0 Å². The molecule has 7 heteroatoms. The highest BCUT2D eigenvalue weighted by atomic mass is 16.5. The Balaban J connectivity index is 1.49. The first-order chi connectivity index (χ1) is 11.5. The molecule has 2 aromatic heterocycles. The van der Waals surface area contributed by atoms with Crippen LogP contribution in [0.1, 0.15) is 35.5 Å². The fraction of sp³-hybridized carbons (Fsp3) is 0.529. The van der Waals surface area contributed by atoms with Gasteiger partial charge in [0.2, 0.25) is 11.8 Å². The Bertz CT molecular complexity index is 691. The highest BCUT2D eigenvalue weighted by molar-refractivity contribution is 5.76. The lowest BCUT2D eigenvalue weighted by molar-refractivity contribution is -0.130. The molecule has 1 atom stereocenters. The molecule has 1 aliphatic rings. The number of aromatic amines is 1. The van der Waals surface area contributed by atoms with Crippen LogP contribution in [0, 0.1) is 20.8 Å². The summed E-state index contributed by atoms with van der Waals surface area (Å²) in [5.74, 6) is 0.681. The van der Waals surface area contributed by atoms with Crippen molar-refractivity contribution < 1.29 is 9.53 Å². The second-order valence-electron chi connectivity index (χ2n) is 6.29.